The van der Waals surface area contributed by atoms with E-state index in [0.717, 1.165) is 53.7 Å². The number of ether oxygens (including phenoxy) is 3. The molecule has 0 bridgehead atoms. The fraction of sp³-hybridized carbons (Fsp3) is 0.583. The summed E-state index contributed by atoms with van der Waals surface area (Å²) in [6.45, 7) is 13.4. The van der Waals surface area contributed by atoms with Crippen LogP contribution in [0.4, 0.5) is 9.80 Å². The van der Waals surface area contributed by atoms with Crippen molar-refractivity contribution in [1.82, 2.24) is 29.8 Å². The molecule has 1 aliphatic carbocycles. The van der Waals surface area contributed by atoms with Crippen molar-refractivity contribution in [2.75, 3.05) is 40.8 Å². The molecule has 6 rings (SSSR count). The predicted molar refractivity (Wildman–Crippen MR) is 203 cm³/mol. The van der Waals surface area contributed by atoms with Gasteiger partial charge in [-0.3, -0.25) is 4.90 Å². The summed E-state index contributed by atoms with van der Waals surface area (Å²) in [6.07, 6.45) is 4.65. The molecule has 2 saturated heterocycles. The molecule has 0 saturated carbocycles. The molecule has 0 spiro atoms. The molecule has 5 heterocycles. The Morgan fingerprint density at radius 2 is 2.08 bits per heavy atom. The largest absolute Gasteiger partial charge is 0.486 e. The van der Waals surface area contributed by atoms with E-state index in [1.807, 2.05) is 53.2 Å². The number of hydrogen-bond donors (Lipinski definition) is 0. The van der Waals surface area contributed by atoms with Gasteiger partial charge >= 0.3 is 6.09 Å². The van der Waals surface area contributed by atoms with Gasteiger partial charge < -0.3 is 28.5 Å². The summed E-state index contributed by atoms with van der Waals surface area (Å²) in [5, 5.41) is 15.5. The number of carbonyl (C=O) groups excluding carboxylic acids is 1. The second-order valence-corrected chi connectivity index (χ2v) is 16.7. The Balaban J connectivity index is 1.34. The lowest BCUT2D eigenvalue weighted by Gasteiger charge is -2.39. The lowest BCUT2D eigenvalue weighted by atomic mass is 9.56. The summed E-state index contributed by atoms with van der Waals surface area (Å²) < 4.78 is 24.4. The van der Waals surface area contributed by atoms with Crippen LogP contribution in [-0.4, -0.2) is 113 Å². The number of thiophene rings is 1. The van der Waals surface area contributed by atoms with Gasteiger partial charge in [-0.25, -0.2) is 25.8 Å². The number of nitriles is 1. The Kier molecular flexibility index (Phi) is 10.9. The molecule has 3 aliphatic rings. The maximum atomic E-state index is 12.6. The molecular formula is C36H46BN8O5S2. The summed E-state index contributed by atoms with van der Waals surface area (Å²) in [4.78, 5) is 33.8. The average molecular weight is 746 g/mol. The van der Waals surface area contributed by atoms with Crippen molar-refractivity contribution in [3.05, 3.63) is 34.0 Å². The zero-order valence-electron chi connectivity index (χ0n) is 31.1. The Hall–Kier alpha value is -4.16. The number of likely N-dealkylation sites (tertiary alicyclic amines) is 2. The normalized spacial score (nSPS) is 22.7. The maximum absolute atomic E-state index is 12.6. The predicted octanol–water partition coefficient (Wildman–Crippen LogP) is 6.13. The van der Waals surface area contributed by atoms with Gasteiger partial charge in [-0.1, -0.05) is 11.6 Å². The zero-order chi connectivity index (χ0) is 37.4. The second-order valence-electron chi connectivity index (χ2n) is 15.1. The monoisotopic (exact) mass is 745 g/mol. The molecule has 3 aromatic rings. The van der Waals surface area contributed by atoms with E-state index in [0.29, 0.717) is 46.9 Å². The van der Waals surface area contributed by atoms with E-state index < -0.39 is 11.0 Å². The Morgan fingerprint density at radius 3 is 2.73 bits per heavy atom. The molecule has 2 fully saturated rings. The molecule has 0 N–H and O–H groups in total. The van der Waals surface area contributed by atoms with E-state index in [-0.39, 0.29) is 36.0 Å². The number of nitrogens with zero attached hydrogens (tertiary/aromatic N) is 8. The van der Waals surface area contributed by atoms with E-state index in [1.54, 1.807) is 23.4 Å². The van der Waals surface area contributed by atoms with E-state index in [1.165, 1.54) is 11.3 Å². The first kappa shape index (κ1) is 37.6. The molecule has 2 aliphatic heterocycles. The van der Waals surface area contributed by atoms with Crippen LogP contribution in [0.25, 0.3) is 11.5 Å². The molecule has 2 unspecified atom stereocenters. The van der Waals surface area contributed by atoms with Gasteiger partial charge in [0.25, 0.3) is 0 Å². The van der Waals surface area contributed by atoms with Gasteiger partial charge in [-0.2, -0.15) is 10.2 Å². The number of carbonyl (C=O) groups is 1. The first-order valence-electron chi connectivity index (χ1n) is 17.5. The molecule has 52 heavy (non-hydrogen) atoms. The van der Waals surface area contributed by atoms with Crippen LogP contribution in [0.1, 0.15) is 75.8 Å². The highest BCUT2D eigenvalue weighted by Gasteiger charge is 2.49. The fourth-order valence-corrected chi connectivity index (χ4v) is 8.94. The number of likely N-dealkylation sites (N-methyl/N-ethyl adjacent to an activating group) is 1. The van der Waals surface area contributed by atoms with Gasteiger partial charge in [0.15, 0.2) is 0 Å². The van der Waals surface area contributed by atoms with Crippen LogP contribution >= 0.6 is 22.4 Å². The third-order valence-corrected chi connectivity index (χ3v) is 11.4. The molecule has 3 aromatic heterocycles. The van der Waals surface area contributed by atoms with Crippen LogP contribution < -0.4 is 9.47 Å². The van der Waals surface area contributed by atoms with Crippen molar-refractivity contribution < 1.29 is 23.5 Å². The molecule has 16 heteroatoms. The summed E-state index contributed by atoms with van der Waals surface area (Å²) in [7, 11) is 5.89. The van der Waals surface area contributed by atoms with Crippen LogP contribution in [-0.2, 0) is 16.6 Å². The summed E-state index contributed by atoms with van der Waals surface area (Å²) in [6, 6.07) is 6.20. The van der Waals surface area contributed by atoms with E-state index in [9.17, 15) is 10.1 Å². The van der Waals surface area contributed by atoms with Crippen LogP contribution in [0, 0.1) is 17.0 Å². The highest BCUT2D eigenvalue weighted by Crippen LogP contribution is 2.55. The number of rotatable bonds is 10. The summed E-state index contributed by atoms with van der Waals surface area (Å²) in [5.41, 5.74) is 6.31. The second kappa shape index (κ2) is 15.1. The van der Waals surface area contributed by atoms with Crippen LogP contribution in [0.5, 0.6) is 11.6 Å². The molecule has 13 nitrogen and oxygen atoms in total. The lowest BCUT2D eigenvalue weighted by molar-refractivity contribution is -0.0222. The molecule has 4 atom stereocenters. The van der Waals surface area contributed by atoms with Crippen LogP contribution in [0.15, 0.2) is 21.6 Å². The average Bonchev–Trinajstić information content (AvgIpc) is 3.81. The standard InChI is InChI=1S/C36H46BN8O5S2/c1-21(26-11-10-14-44(26)8)47-29-16-22(48-23-18-45(19-23)34(46)49-35(2,3)4)15-25(40-29)31-41-33(50-42-31)36(5)28(37-51-9)13-12-27-30(36)24(17-38)32(52-27)39-20-43(6)7/h9,15-16,20-21,23,26,28H,10-14,18-19H2,1-8H3/b39-20+/t21-,26?,28?,36-/m0/s1. The fourth-order valence-electron chi connectivity index (χ4n) is 7.12. The highest BCUT2D eigenvalue weighted by atomic mass is 32.1. The van der Waals surface area contributed by atoms with Crippen molar-refractivity contribution in [3.8, 4) is 34.9 Å². The van der Waals surface area contributed by atoms with Crippen LogP contribution in [0.2, 0.25) is 5.82 Å². The van der Waals surface area contributed by atoms with Gasteiger partial charge in [0, 0.05) is 42.7 Å². The van der Waals surface area contributed by atoms with Gasteiger partial charge in [0.2, 0.25) is 24.2 Å². The van der Waals surface area contributed by atoms with Crippen molar-refractivity contribution >= 4 is 46.3 Å². The molecule has 275 valence electrons. The van der Waals surface area contributed by atoms with Crippen molar-refractivity contribution in [2.24, 2.45) is 4.99 Å². The maximum Gasteiger partial charge on any atom is 0.410 e. The zero-order valence-corrected chi connectivity index (χ0v) is 32.7. The number of pyridine rings is 1. The Labute approximate surface area is 314 Å². The number of fused-ring (bicyclic) bond motifs is 1. The third kappa shape index (κ3) is 7.78. The smallest absolute Gasteiger partial charge is 0.410 e. The van der Waals surface area contributed by atoms with Crippen molar-refractivity contribution in [1.29, 1.82) is 5.26 Å². The van der Waals surface area contributed by atoms with Crippen molar-refractivity contribution in [2.45, 2.75) is 95.4 Å². The third-order valence-electron chi connectivity index (χ3n) is 9.77. The molecule has 0 aromatic carbocycles. The van der Waals surface area contributed by atoms with Gasteiger partial charge in [0.05, 0.1) is 30.4 Å². The van der Waals surface area contributed by atoms with Crippen LogP contribution in [0.3, 0.4) is 0 Å². The number of amides is 1. The quantitative estimate of drug-likeness (QED) is 0.134. The number of aliphatic imine (C=N–C) groups is 1. The van der Waals surface area contributed by atoms with Crippen molar-refractivity contribution in [3.63, 3.8) is 0 Å². The molecular weight excluding hydrogens is 699 g/mol. The topological polar surface area (TPSA) is 142 Å². The number of hydrogen-bond acceptors (Lipinski definition) is 12. The van der Waals surface area contributed by atoms with E-state index >= 15 is 0 Å². The van der Waals surface area contributed by atoms with Gasteiger partial charge in [-0.15, -0.1) is 17.0 Å². The number of aryl methyl sites for hydroxylation is 1. The first-order chi connectivity index (χ1) is 24.7. The summed E-state index contributed by atoms with van der Waals surface area (Å²) >= 11 is 2.66. The van der Waals surface area contributed by atoms with Gasteiger partial charge in [-0.05, 0) is 73.3 Å². The highest BCUT2D eigenvalue weighted by molar-refractivity contribution is 8.13. The SMILES string of the molecule is C#S[B]C1CCc2sc(/N=C/N(C)C)c(C#N)c2[C@@]1(C)c1nc(-c2cc(OC3CN(C(=O)OC(C)(C)C)C3)cc(O[C@@H](C)C3CCCN3C)n2)no1. The minimum Gasteiger partial charge on any atom is -0.486 e. The van der Waals surface area contributed by atoms with Gasteiger partial charge in [0.1, 0.15) is 40.3 Å². The molecule has 1 radical (unpaired) electrons. The van der Waals surface area contributed by atoms with E-state index in [4.69, 9.17) is 34.4 Å². The minimum atomic E-state index is -0.856. The summed E-state index contributed by atoms with van der Waals surface area (Å²) in [5.74, 6) is 1.39. The molecule has 1 amide bonds. The first-order valence-corrected chi connectivity index (χ1v) is 19.3. The van der Waals surface area contributed by atoms with E-state index in [2.05, 4.69) is 35.1 Å². The Bertz CT molecular complexity index is 1910. The lowest BCUT2D eigenvalue weighted by Crippen LogP contribution is -2.57. The number of aromatic nitrogens is 3. The minimum absolute atomic E-state index is 0.104. The Morgan fingerprint density at radius 1 is 1.31 bits per heavy atom.